The van der Waals surface area contributed by atoms with E-state index >= 15 is 0 Å². The first-order chi connectivity index (χ1) is 12.0. The Morgan fingerprint density at radius 1 is 1.44 bits per heavy atom. The van der Waals surface area contributed by atoms with Gasteiger partial charge in [-0.15, -0.1) is 5.10 Å². The molecular formula is C17H21BrN4O3. The number of pyridine rings is 1. The van der Waals surface area contributed by atoms with Crippen LogP contribution in [-0.4, -0.2) is 37.2 Å². The molecule has 7 nitrogen and oxygen atoms in total. The monoisotopic (exact) mass is 408 g/mol. The van der Waals surface area contributed by atoms with Gasteiger partial charge in [0.15, 0.2) is 0 Å². The van der Waals surface area contributed by atoms with Gasteiger partial charge in [0.25, 0.3) is 0 Å². The molecular weight excluding hydrogens is 388 g/mol. The largest absolute Gasteiger partial charge is 0.489 e. The molecule has 134 valence electrons. The van der Waals surface area contributed by atoms with Crippen LogP contribution >= 0.6 is 15.9 Å². The summed E-state index contributed by atoms with van der Waals surface area (Å²) in [5.41, 5.74) is 3.22. The van der Waals surface area contributed by atoms with Crippen LogP contribution in [0.3, 0.4) is 0 Å². The lowest BCUT2D eigenvalue weighted by Crippen LogP contribution is -2.29. The second kappa shape index (κ2) is 7.51. The molecule has 1 saturated carbocycles. The van der Waals surface area contributed by atoms with E-state index in [1.54, 1.807) is 4.68 Å². The molecule has 0 spiro atoms. The van der Waals surface area contributed by atoms with Crippen molar-refractivity contribution >= 4 is 21.9 Å². The molecule has 1 aliphatic rings. The number of carboxylic acids is 1. The van der Waals surface area contributed by atoms with Crippen molar-refractivity contribution in [2.45, 2.75) is 44.0 Å². The van der Waals surface area contributed by atoms with Gasteiger partial charge in [0.05, 0.1) is 29.1 Å². The van der Waals surface area contributed by atoms with Crippen LogP contribution in [0, 0.1) is 12.8 Å². The topological polar surface area (TPSA) is 90.1 Å². The van der Waals surface area contributed by atoms with E-state index < -0.39 is 5.97 Å². The van der Waals surface area contributed by atoms with Crippen molar-refractivity contribution < 1.29 is 14.6 Å². The molecule has 2 heterocycles. The average molecular weight is 409 g/mol. The molecule has 1 aliphatic carbocycles. The highest BCUT2D eigenvalue weighted by molar-refractivity contribution is 9.08. The number of aliphatic carboxylic acids is 1. The summed E-state index contributed by atoms with van der Waals surface area (Å²) in [6, 6.07) is 3.75. The second-order valence-corrected chi connectivity index (χ2v) is 6.92. The fraction of sp³-hybridized carbons (Fsp3) is 0.529. The zero-order chi connectivity index (χ0) is 18.0. The van der Waals surface area contributed by atoms with E-state index in [1.165, 1.54) is 0 Å². The number of rotatable bonds is 5. The van der Waals surface area contributed by atoms with Crippen molar-refractivity contribution in [2.75, 3.05) is 0 Å². The standard InChI is InChI=1S/C17H21BrN4O3/c1-10-15(25-12-5-3-4-11(8-12)17(23)24)7-6-13(19-10)16-14(9-18)22(2)21-20-16/h6-7,11-12H,3-5,8-9H2,1-2H3,(H,23,24)/t11-,12-/m0/s1. The Balaban J connectivity index is 1.77. The van der Waals surface area contributed by atoms with E-state index in [2.05, 4.69) is 31.2 Å². The third kappa shape index (κ3) is 3.84. The Bertz CT molecular complexity index is 777. The molecule has 0 saturated heterocycles. The highest BCUT2D eigenvalue weighted by Crippen LogP contribution is 2.30. The van der Waals surface area contributed by atoms with Gasteiger partial charge in [0, 0.05) is 12.4 Å². The molecule has 8 heteroatoms. The van der Waals surface area contributed by atoms with E-state index in [0.29, 0.717) is 17.5 Å². The van der Waals surface area contributed by atoms with Gasteiger partial charge in [0.1, 0.15) is 11.4 Å². The predicted molar refractivity (Wildman–Crippen MR) is 95.6 cm³/mol. The molecule has 3 rings (SSSR count). The SMILES string of the molecule is Cc1nc(-c2nnn(C)c2CBr)ccc1O[C@H]1CCC[C@H](C(=O)O)C1. The number of hydrogen-bond donors (Lipinski definition) is 1. The minimum Gasteiger partial charge on any atom is -0.489 e. The Hall–Kier alpha value is -1.96. The predicted octanol–water partition coefficient (Wildman–Crippen LogP) is 3.10. The van der Waals surface area contributed by atoms with Gasteiger partial charge in [-0.2, -0.15) is 0 Å². The minimum absolute atomic E-state index is 0.0733. The molecule has 2 aromatic rings. The molecule has 1 N–H and O–H groups in total. The van der Waals surface area contributed by atoms with Crippen molar-refractivity contribution in [3.63, 3.8) is 0 Å². The first kappa shape index (κ1) is 17.8. The Kier molecular flexibility index (Phi) is 5.36. The smallest absolute Gasteiger partial charge is 0.306 e. The van der Waals surface area contributed by atoms with Crippen LogP contribution in [-0.2, 0) is 17.2 Å². The maximum absolute atomic E-state index is 11.2. The van der Waals surface area contributed by atoms with E-state index in [4.69, 9.17) is 4.74 Å². The van der Waals surface area contributed by atoms with Gasteiger partial charge in [-0.1, -0.05) is 21.1 Å². The molecule has 0 aliphatic heterocycles. The molecule has 0 bridgehead atoms. The van der Waals surface area contributed by atoms with E-state index in [1.807, 2.05) is 26.1 Å². The van der Waals surface area contributed by atoms with Crippen LogP contribution in [0.1, 0.15) is 37.1 Å². The molecule has 2 atom stereocenters. The normalized spacial score (nSPS) is 20.4. The summed E-state index contributed by atoms with van der Waals surface area (Å²) < 4.78 is 7.76. The van der Waals surface area contributed by atoms with E-state index in [0.717, 1.165) is 42.0 Å². The highest BCUT2D eigenvalue weighted by atomic mass is 79.9. The van der Waals surface area contributed by atoms with Gasteiger partial charge in [-0.3, -0.25) is 9.48 Å². The zero-order valence-electron chi connectivity index (χ0n) is 14.3. The van der Waals surface area contributed by atoms with Crippen molar-refractivity contribution in [1.29, 1.82) is 0 Å². The Labute approximate surface area is 154 Å². The van der Waals surface area contributed by atoms with Crippen LogP contribution in [0.15, 0.2) is 12.1 Å². The molecule has 0 amide bonds. The Morgan fingerprint density at radius 2 is 2.24 bits per heavy atom. The van der Waals surface area contributed by atoms with Gasteiger partial charge in [-0.25, -0.2) is 4.98 Å². The number of carbonyl (C=O) groups is 1. The average Bonchev–Trinajstić information content (AvgIpc) is 2.97. The van der Waals surface area contributed by atoms with Crippen molar-refractivity contribution in [3.8, 4) is 17.1 Å². The lowest BCUT2D eigenvalue weighted by atomic mass is 9.87. The summed E-state index contributed by atoms with van der Waals surface area (Å²) >= 11 is 3.45. The molecule has 0 radical (unpaired) electrons. The first-order valence-electron chi connectivity index (χ1n) is 8.31. The van der Waals surface area contributed by atoms with Crippen LogP contribution in [0.4, 0.5) is 0 Å². The number of aromatic nitrogens is 4. The Morgan fingerprint density at radius 3 is 2.92 bits per heavy atom. The number of halogens is 1. The zero-order valence-corrected chi connectivity index (χ0v) is 15.9. The van der Waals surface area contributed by atoms with Gasteiger partial charge in [-0.05, 0) is 44.7 Å². The van der Waals surface area contributed by atoms with Crippen LogP contribution in [0.5, 0.6) is 5.75 Å². The summed E-state index contributed by atoms with van der Waals surface area (Å²) in [6.07, 6.45) is 2.96. The number of ether oxygens (including phenoxy) is 1. The van der Waals surface area contributed by atoms with E-state index in [-0.39, 0.29) is 12.0 Å². The molecule has 2 aromatic heterocycles. The number of aryl methyl sites for hydroxylation is 2. The molecule has 25 heavy (non-hydrogen) atoms. The first-order valence-corrected chi connectivity index (χ1v) is 9.43. The number of carboxylic acid groups (broad SMARTS) is 1. The number of alkyl halides is 1. The lowest BCUT2D eigenvalue weighted by Gasteiger charge is -2.27. The van der Waals surface area contributed by atoms with Gasteiger partial charge in [0.2, 0.25) is 0 Å². The number of nitrogens with zero attached hydrogens (tertiary/aromatic N) is 4. The van der Waals surface area contributed by atoms with Crippen molar-refractivity contribution in [3.05, 3.63) is 23.5 Å². The maximum atomic E-state index is 11.2. The summed E-state index contributed by atoms with van der Waals surface area (Å²) in [5.74, 6) is -0.347. The third-order valence-corrected chi connectivity index (χ3v) is 5.15. The van der Waals surface area contributed by atoms with Crippen LogP contribution in [0.2, 0.25) is 0 Å². The van der Waals surface area contributed by atoms with Gasteiger partial charge < -0.3 is 9.84 Å². The molecule has 0 aromatic carbocycles. The highest BCUT2D eigenvalue weighted by Gasteiger charge is 2.28. The molecule has 1 fully saturated rings. The van der Waals surface area contributed by atoms with Crippen molar-refractivity contribution in [2.24, 2.45) is 13.0 Å². The maximum Gasteiger partial charge on any atom is 0.306 e. The fourth-order valence-corrected chi connectivity index (χ4v) is 3.81. The lowest BCUT2D eigenvalue weighted by molar-refractivity contribution is -0.143. The van der Waals surface area contributed by atoms with Crippen molar-refractivity contribution in [1.82, 2.24) is 20.0 Å². The second-order valence-electron chi connectivity index (χ2n) is 6.36. The summed E-state index contributed by atoms with van der Waals surface area (Å²) in [7, 11) is 1.85. The van der Waals surface area contributed by atoms with Gasteiger partial charge >= 0.3 is 5.97 Å². The van der Waals surface area contributed by atoms with Crippen LogP contribution < -0.4 is 4.74 Å². The van der Waals surface area contributed by atoms with Crippen LogP contribution in [0.25, 0.3) is 11.4 Å². The quantitative estimate of drug-likeness (QED) is 0.764. The number of hydrogen-bond acceptors (Lipinski definition) is 5. The van der Waals surface area contributed by atoms with E-state index in [9.17, 15) is 9.90 Å². The summed E-state index contributed by atoms with van der Waals surface area (Å²) in [6.45, 7) is 1.89. The summed E-state index contributed by atoms with van der Waals surface area (Å²) in [5, 5.41) is 18.1. The third-order valence-electron chi connectivity index (χ3n) is 4.62. The molecule has 0 unspecified atom stereocenters. The fourth-order valence-electron chi connectivity index (χ4n) is 3.19. The summed E-state index contributed by atoms with van der Waals surface area (Å²) in [4.78, 5) is 15.8. The minimum atomic E-state index is -0.733.